The maximum Gasteiger partial charge on any atom is 0.0978 e. The van der Waals surface area contributed by atoms with Crippen molar-refractivity contribution in [1.82, 2.24) is 0 Å². The van der Waals surface area contributed by atoms with Crippen molar-refractivity contribution in [2.45, 2.75) is 0 Å². The topological polar surface area (TPSA) is 33.4 Å². The van der Waals surface area contributed by atoms with Gasteiger partial charge in [-0.05, 0) is 29.8 Å². The maximum atomic E-state index is 9.22. The standard InChI is InChI=1S/C15H12O2/c16-11-14(15-9-10-17-12-15)8-4-7-13-5-2-1-3-6-13/h1-3,5-6,8-10,12,16H,11H2/b14-8+. The summed E-state index contributed by atoms with van der Waals surface area (Å²) in [5.41, 5.74) is 2.56. The van der Waals surface area contributed by atoms with Crippen molar-refractivity contribution in [1.29, 1.82) is 0 Å². The number of hydrogen-bond donors (Lipinski definition) is 1. The molecule has 1 heterocycles. The highest BCUT2D eigenvalue weighted by molar-refractivity contribution is 5.68. The van der Waals surface area contributed by atoms with E-state index in [4.69, 9.17) is 4.42 Å². The minimum atomic E-state index is -0.0526. The van der Waals surface area contributed by atoms with Crippen LogP contribution in [0.4, 0.5) is 0 Å². The first kappa shape index (κ1) is 11.3. The van der Waals surface area contributed by atoms with Crippen LogP contribution < -0.4 is 0 Å². The van der Waals surface area contributed by atoms with Gasteiger partial charge in [0.15, 0.2) is 0 Å². The van der Waals surface area contributed by atoms with Gasteiger partial charge in [0.25, 0.3) is 0 Å². The Hall–Kier alpha value is -2.24. The van der Waals surface area contributed by atoms with Gasteiger partial charge >= 0.3 is 0 Å². The first-order chi connectivity index (χ1) is 8.40. The quantitative estimate of drug-likeness (QED) is 0.796. The molecule has 0 atom stereocenters. The monoisotopic (exact) mass is 224 g/mol. The smallest absolute Gasteiger partial charge is 0.0978 e. The van der Waals surface area contributed by atoms with Crippen molar-refractivity contribution in [3.05, 3.63) is 66.1 Å². The second-order valence-corrected chi connectivity index (χ2v) is 3.48. The normalized spacial score (nSPS) is 10.8. The zero-order valence-electron chi connectivity index (χ0n) is 9.26. The van der Waals surface area contributed by atoms with Gasteiger partial charge in [-0.2, -0.15) is 0 Å². The number of hydrogen-bond acceptors (Lipinski definition) is 2. The number of furan rings is 1. The number of benzene rings is 1. The highest BCUT2D eigenvalue weighted by Crippen LogP contribution is 2.13. The number of aliphatic hydroxyl groups excluding tert-OH is 1. The van der Waals surface area contributed by atoms with Crippen molar-refractivity contribution in [3.63, 3.8) is 0 Å². The van der Waals surface area contributed by atoms with E-state index in [0.717, 1.165) is 16.7 Å². The highest BCUT2D eigenvalue weighted by Gasteiger charge is 1.99. The molecular weight excluding hydrogens is 212 g/mol. The fraction of sp³-hybridized carbons (Fsp3) is 0.0667. The van der Waals surface area contributed by atoms with Crippen molar-refractivity contribution in [3.8, 4) is 11.8 Å². The van der Waals surface area contributed by atoms with Crippen LogP contribution in [0.15, 0.2) is 59.4 Å². The lowest BCUT2D eigenvalue weighted by molar-refractivity contribution is 0.350. The minimum absolute atomic E-state index is 0.0526. The van der Waals surface area contributed by atoms with Gasteiger partial charge in [-0.25, -0.2) is 0 Å². The average Bonchev–Trinajstić information content (AvgIpc) is 2.90. The summed E-state index contributed by atoms with van der Waals surface area (Å²) in [6.45, 7) is -0.0526. The first-order valence-electron chi connectivity index (χ1n) is 5.29. The summed E-state index contributed by atoms with van der Waals surface area (Å²) in [4.78, 5) is 0. The molecule has 0 unspecified atom stereocenters. The Kier molecular flexibility index (Phi) is 3.80. The van der Waals surface area contributed by atoms with E-state index in [2.05, 4.69) is 11.8 Å². The third kappa shape index (κ3) is 3.10. The lowest BCUT2D eigenvalue weighted by atomic mass is 10.1. The SMILES string of the molecule is OC/C(=C\C#Cc1ccccc1)c1ccoc1. The van der Waals surface area contributed by atoms with Crippen LogP contribution in [0.3, 0.4) is 0 Å². The van der Waals surface area contributed by atoms with E-state index in [1.165, 1.54) is 0 Å². The molecule has 0 spiro atoms. The lowest BCUT2D eigenvalue weighted by Crippen LogP contribution is -1.87. The van der Waals surface area contributed by atoms with E-state index in [1.807, 2.05) is 30.3 Å². The number of rotatable bonds is 2. The number of aliphatic hydroxyl groups is 1. The van der Waals surface area contributed by atoms with Gasteiger partial charge in [0.1, 0.15) is 0 Å². The summed E-state index contributed by atoms with van der Waals surface area (Å²) < 4.78 is 4.96. The van der Waals surface area contributed by atoms with Gasteiger partial charge in [0.2, 0.25) is 0 Å². The third-order valence-corrected chi connectivity index (χ3v) is 2.30. The van der Waals surface area contributed by atoms with Crippen LogP contribution in [0.1, 0.15) is 11.1 Å². The molecule has 0 bridgehead atoms. The van der Waals surface area contributed by atoms with Crippen LogP contribution in [0, 0.1) is 11.8 Å². The average molecular weight is 224 g/mol. The predicted molar refractivity (Wildman–Crippen MR) is 67.1 cm³/mol. The zero-order chi connectivity index (χ0) is 11.9. The molecule has 17 heavy (non-hydrogen) atoms. The molecule has 2 heteroatoms. The van der Waals surface area contributed by atoms with Gasteiger partial charge in [-0.3, -0.25) is 0 Å². The Labute approximate surface area is 100 Å². The lowest BCUT2D eigenvalue weighted by Gasteiger charge is -1.95. The summed E-state index contributed by atoms with van der Waals surface area (Å²) in [5.74, 6) is 5.93. The second-order valence-electron chi connectivity index (χ2n) is 3.48. The van der Waals surface area contributed by atoms with Gasteiger partial charge in [-0.15, -0.1) is 0 Å². The maximum absolute atomic E-state index is 9.22. The molecule has 0 amide bonds. The molecule has 1 aromatic carbocycles. The van der Waals surface area contributed by atoms with Gasteiger partial charge in [0.05, 0.1) is 19.1 Å². The molecule has 0 saturated heterocycles. The van der Waals surface area contributed by atoms with Gasteiger partial charge < -0.3 is 9.52 Å². The third-order valence-electron chi connectivity index (χ3n) is 2.30. The van der Waals surface area contributed by atoms with Crippen LogP contribution in [0.25, 0.3) is 5.57 Å². The first-order valence-corrected chi connectivity index (χ1v) is 5.29. The Bertz CT molecular complexity index is 540. The fourth-order valence-electron chi connectivity index (χ4n) is 1.40. The highest BCUT2D eigenvalue weighted by atomic mass is 16.3. The number of allylic oxidation sites excluding steroid dienone is 1. The molecule has 1 aromatic heterocycles. The summed E-state index contributed by atoms with van der Waals surface area (Å²) in [6.07, 6.45) is 4.87. The summed E-state index contributed by atoms with van der Waals surface area (Å²) in [5, 5.41) is 9.22. The van der Waals surface area contributed by atoms with Crippen LogP contribution in [-0.2, 0) is 0 Å². The van der Waals surface area contributed by atoms with Crippen molar-refractivity contribution in [2.75, 3.05) is 6.61 Å². The Balaban J connectivity index is 2.17. The van der Waals surface area contributed by atoms with Crippen molar-refractivity contribution in [2.24, 2.45) is 0 Å². The predicted octanol–water partition coefficient (Wildman–Crippen LogP) is 2.71. The van der Waals surface area contributed by atoms with E-state index in [1.54, 1.807) is 24.7 Å². The molecule has 2 aromatic rings. The molecular formula is C15H12O2. The molecule has 0 fully saturated rings. The largest absolute Gasteiger partial charge is 0.472 e. The van der Waals surface area contributed by atoms with E-state index in [-0.39, 0.29) is 6.61 Å². The molecule has 2 nitrogen and oxygen atoms in total. The minimum Gasteiger partial charge on any atom is -0.472 e. The molecule has 0 aliphatic heterocycles. The van der Waals surface area contributed by atoms with Crippen molar-refractivity contribution >= 4 is 5.57 Å². The summed E-state index contributed by atoms with van der Waals surface area (Å²) >= 11 is 0. The molecule has 1 N–H and O–H groups in total. The summed E-state index contributed by atoms with van der Waals surface area (Å²) in [7, 11) is 0. The van der Waals surface area contributed by atoms with Crippen LogP contribution >= 0.6 is 0 Å². The van der Waals surface area contributed by atoms with Gasteiger partial charge in [0, 0.05) is 11.1 Å². The molecule has 0 aliphatic rings. The van der Waals surface area contributed by atoms with E-state index < -0.39 is 0 Å². The molecule has 2 rings (SSSR count). The summed E-state index contributed by atoms with van der Waals surface area (Å²) in [6, 6.07) is 11.5. The second kappa shape index (κ2) is 5.74. The molecule has 0 radical (unpaired) electrons. The Morgan fingerprint density at radius 1 is 1.24 bits per heavy atom. The zero-order valence-corrected chi connectivity index (χ0v) is 9.26. The molecule has 0 saturated carbocycles. The Morgan fingerprint density at radius 3 is 2.71 bits per heavy atom. The Morgan fingerprint density at radius 2 is 2.06 bits per heavy atom. The van der Waals surface area contributed by atoms with Crippen LogP contribution in [0.5, 0.6) is 0 Å². The van der Waals surface area contributed by atoms with Crippen LogP contribution in [0.2, 0.25) is 0 Å². The van der Waals surface area contributed by atoms with Gasteiger partial charge in [-0.1, -0.05) is 30.0 Å². The fourth-order valence-corrected chi connectivity index (χ4v) is 1.40. The van der Waals surface area contributed by atoms with Crippen molar-refractivity contribution < 1.29 is 9.52 Å². The van der Waals surface area contributed by atoms with E-state index in [9.17, 15) is 5.11 Å². The van der Waals surface area contributed by atoms with Crippen LogP contribution in [-0.4, -0.2) is 11.7 Å². The molecule has 0 aliphatic carbocycles. The van der Waals surface area contributed by atoms with E-state index >= 15 is 0 Å². The van der Waals surface area contributed by atoms with E-state index in [0.29, 0.717) is 0 Å². The molecule has 84 valence electrons.